The molecule has 0 aromatic rings. The Bertz CT molecular complexity index is 161. The van der Waals surface area contributed by atoms with Crippen LogP contribution in [0.5, 0.6) is 0 Å². The Morgan fingerprint density at radius 3 is 2.33 bits per heavy atom. The van der Waals surface area contributed by atoms with E-state index in [0.29, 0.717) is 6.61 Å². The first-order valence-corrected chi connectivity index (χ1v) is 4.26. The maximum Gasteiger partial charge on any atom is 0.313 e. The number of esters is 1. The minimum atomic E-state index is -0.407. The summed E-state index contributed by atoms with van der Waals surface area (Å²) >= 11 is 0. The zero-order valence-corrected chi connectivity index (χ0v) is 7.92. The van der Waals surface area contributed by atoms with Crippen molar-refractivity contribution < 1.29 is 14.3 Å². The van der Waals surface area contributed by atoms with E-state index in [1.807, 2.05) is 6.92 Å². The predicted octanol–water partition coefficient (Wildman–Crippen LogP) is 1.55. The number of rotatable bonds is 5. The smallest absolute Gasteiger partial charge is 0.313 e. The van der Waals surface area contributed by atoms with Gasteiger partial charge in [0.15, 0.2) is 0 Å². The molecule has 0 bridgehead atoms. The molecule has 0 heterocycles. The van der Waals surface area contributed by atoms with E-state index >= 15 is 0 Å². The molecule has 0 rings (SSSR count). The lowest BCUT2D eigenvalue weighted by molar-refractivity contribution is -0.146. The molecule has 0 aliphatic carbocycles. The van der Waals surface area contributed by atoms with Crippen molar-refractivity contribution in [2.75, 3.05) is 6.61 Å². The third kappa shape index (κ3) is 4.88. The van der Waals surface area contributed by atoms with Gasteiger partial charge >= 0.3 is 5.97 Å². The van der Waals surface area contributed by atoms with Gasteiger partial charge in [-0.25, -0.2) is 0 Å². The fourth-order valence-electron chi connectivity index (χ4n) is 0.613. The van der Waals surface area contributed by atoms with Crippen molar-refractivity contribution >= 4 is 11.8 Å². The van der Waals surface area contributed by atoms with Gasteiger partial charge in [-0.1, -0.05) is 20.8 Å². The van der Waals surface area contributed by atoms with Gasteiger partial charge in [0, 0.05) is 5.92 Å². The van der Waals surface area contributed by atoms with E-state index in [1.165, 1.54) is 0 Å². The van der Waals surface area contributed by atoms with Gasteiger partial charge in [-0.3, -0.25) is 9.59 Å². The number of carbonyl (C=O) groups is 2. The zero-order chi connectivity index (χ0) is 9.56. The maximum absolute atomic E-state index is 11.0. The van der Waals surface area contributed by atoms with Gasteiger partial charge in [-0.2, -0.15) is 0 Å². The van der Waals surface area contributed by atoms with Crippen LogP contribution in [0.1, 0.15) is 33.6 Å². The highest BCUT2D eigenvalue weighted by atomic mass is 16.5. The molecule has 12 heavy (non-hydrogen) atoms. The lowest BCUT2D eigenvalue weighted by atomic mass is 10.1. The molecule has 0 N–H and O–H groups in total. The van der Waals surface area contributed by atoms with E-state index < -0.39 is 5.97 Å². The molecule has 0 spiro atoms. The second kappa shape index (κ2) is 5.75. The third-order valence-electron chi connectivity index (χ3n) is 1.43. The molecule has 0 aliphatic rings. The minimum Gasteiger partial charge on any atom is -0.465 e. The highest BCUT2D eigenvalue weighted by Gasteiger charge is 2.13. The first-order valence-electron chi connectivity index (χ1n) is 4.26. The molecular weight excluding hydrogens is 156 g/mol. The van der Waals surface area contributed by atoms with Gasteiger partial charge in [-0.15, -0.1) is 0 Å². The molecule has 0 aromatic carbocycles. The number of ketones is 1. The lowest BCUT2D eigenvalue weighted by Gasteiger charge is -2.03. The lowest BCUT2D eigenvalue weighted by Crippen LogP contribution is -2.15. The van der Waals surface area contributed by atoms with Crippen LogP contribution in [0.4, 0.5) is 0 Å². The second-order valence-corrected chi connectivity index (χ2v) is 3.02. The first kappa shape index (κ1) is 11.1. The summed E-state index contributed by atoms with van der Waals surface area (Å²) in [5.41, 5.74) is 0. The summed E-state index contributed by atoms with van der Waals surface area (Å²) in [4.78, 5) is 21.9. The summed E-state index contributed by atoms with van der Waals surface area (Å²) in [6, 6.07) is 0. The Balaban J connectivity index is 3.62. The summed E-state index contributed by atoms with van der Waals surface area (Å²) in [7, 11) is 0. The molecule has 0 atom stereocenters. The summed E-state index contributed by atoms with van der Waals surface area (Å²) < 4.78 is 4.75. The molecule has 0 saturated carbocycles. The van der Waals surface area contributed by atoms with Crippen LogP contribution in [0.25, 0.3) is 0 Å². The van der Waals surface area contributed by atoms with Crippen LogP contribution >= 0.6 is 0 Å². The van der Waals surface area contributed by atoms with Crippen molar-refractivity contribution in [3.8, 4) is 0 Å². The van der Waals surface area contributed by atoms with E-state index in [1.54, 1.807) is 13.8 Å². The first-order chi connectivity index (χ1) is 5.57. The van der Waals surface area contributed by atoms with Crippen LogP contribution < -0.4 is 0 Å². The molecule has 3 heteroatoms. The molecule has 0 fully saturated rings. The van der Waals surface area contributed by atoms with Gasteiger partial charge in [0.1, 0.15) is 12.2 Å². The summed E-state index contributed by atoms with van der Waals surface area (Å²) in [6.07, 6.45) is 0.708. The number of hydrogen-bond acceptors (Lipinski definition) is 3. The van der Waals surface area contributed by atoms with E-state index in [0.717, 1.165) is 6.42 Å². The van der Waals surface area contributed by atoms with Crippen molar-refractivity contribution in [3.63, 3.8) is 0 Å². The molecule has 0 aromatic heterocycles. The van der Waals surface area contributed by atoms with Crippen LogP contribution in [0.15, 0.2) is 0 Å². The second-order valence-electron chi connectivity index (χ2n) is 3.02. The van der Waals surface area contributed by atoms with Crippen molar-refractivity contribution in [2.24, 2.45) is 5.92 Å². The average Bonchev–Trinajstić information content (AvgIpc) is 2.00. The van der Waals surface area contributed by atoms with Gasteiger partial charge < -0.3 is 4.74 Å². The molecule has 0 saturated heterocycles. The number of carbonyl (C=O) groups excluding carboxylic acids is 2. The van der Waals surface area contributed by atoms with E-state index in [9.17, 15) is 9.59 Å². The third-order valence-corrected chi connectivity index (χ3v) is 1.43. The summed E-state index contributed by atoms with van der Waals surface area (Å²) in [6.45, 7) is 5.87. The molecular formula is C9H16O3. The van der Waals surface area contributed by atoms with Crippen LogP contribution in [0.3, 0.4) is 0 Å². The van der Waals surface area contributed by atoms with Crippen LogP contribution in [-0.4, -0.2) is 18.4 Å². The molecule has 0 radical (unpaired) electrons. The monoisotopic (exact) mass is 172 g/mol. The van der Waals surface area contributed by atoms with Gasteiger partial charge in [0.2, 0.25) is 0 Å². The Kier molecular flexibility index (Phi) is 5.34. The zero-order valence-electron chi connectivity index (χ0n) is 7.92. The number of ether oxygens (including phenoxy) is 1. The fraction of sp³-hybridized carbons (Fsp3) is 0.778. The largest absolute Gasteiger partial charge is 0.465 e. The topological polar surface area (TPSA) is 43.4 Å². The Morgan fingerprint density at radius 2 is 1.92 bits per heavy atom. The van der Waals surface area contributed by atoms with E-state index in [-0.39, 0.29) is 18.1 Å². The van der Waals surface area contributed by atoms with Crippen LogP contribution in [0.2, 0.25) is 0 Å². The average molecular weight is 172 g/mol. The van der Waals surface area contributed by atoms with Gasteiger partial charge in [0.05, 0.1) is 6.61 Å². The molecule has 70 valence electrons. The molecule has 3 nitrogen and oxygen atoms in total. The standard InChI is InChI=1S/C9H16O3/c1-4-5-12-9(11)6-8(10)7(2)3/h7H,4-6H2,1-3H3. The normalized spacial score (nSPS) is 10.0. The SMILES string of the molecule is CCCOC(=O)CC(=O)C(C)C. The Morgan fingerprint density at radius 1 is 1.33 bits per heavy atom. The quantitative estimate of drug-likeness (QED) is 0.467. The highest BCUT2D eigenvalue weighted by molar-refractivity contribution is 5.96. The van der Waals surface area contributed by atoms with Crippen molar-refractivity contribution in [2.45, 2.75) is 33.6 Å². The van der Waals surface area contributed by atoms with E-state index in [2.05, 4.69) is 0 Å². The molecule has 0 unspecified atom stereocenters. The minimum absolute atomic E-state index is 0.0592. The van der Waals surface area contributed by atoms with Crippen LogP contribution in [-0.2, 0) is 14.3 Å². The predicted molar refractivity (Wildman–Crippen MR) is 45.7 cm³/mol. The Labute approximate surface area is 73.1 Å². The number of hydrogen-bond donors (Lipinski definition) is 0. The molecule has 0 amide bonds. The molecule has 0 aliphatic heterocycles. The maximum atomic E-state index is 11.0. The van der Waals surface area contributed by atoms with Crippen molar-refractivity contribution in [1.82, 2.24) is 0 Å². The van der Waals surface area contributed by atoms with Crippen LogP contribution in [0, 0.1) is 5.92 Å². The fourth-order valence-corrected chi connectivity index (χ4v) is 0.613. The Hall–Kier alpha value is -0.860. The number of Topliss-reactive ketones (excluding diaryl/α,β-unsaturated/α-hetero) is 1. The summed E-state index contributed by atoms with van der Waals surface area (Å²) in [5.74, 6) is -0.550. The van der Waals surface area contributed by atoms with Gasteiger partial charge in [0.25, 0.3) is 0 Å². The van der Waals surface area contributed by atoms with E-state index in [4.69, 9.17) is 4.74 Å². The van der Waals surface area contributed by atoms with Gasteiger partial charge in [-0.05, 0) is 6.42 Å². The van der Waals surface area contributed by atoms with Crippen molar-refractivity contribution in [3.05, 3.63) is 0 Å². The van der Waals surface area contributed by atoms with Crippen molar-refractivity contribution in [1.29, 1.82) is 0 Å². The highest BCUT2D eigenvalue weighted by Crippen LogP contribution is 2.00. The summed E-state index contributed by atoms with van der Waals surface area (Å²) in [5, 5.41) is 0.